The zero-order valence-electron chi connectivity index (χ0n) is 13.1. The molecule has 0 aliphatic carbocycles. The quantitative estimate of drug-likeness (QED) is 0.780. The highest BCUT2D eigenvalue weighted by Crippen LogP contribution is 2.18. The molecule has 0 aromatic carbocycles. The highest BCUT2D eigenvalue weighted by atomic mass is 32.2. The number of nitrogens with one attached hydrogen (secondary N) is 1. The third-order valence-electron chi connectivity index (χ3n) is 3.20. The van der Waals surface area contributed by atoms with Gasteiger partial charge >= 0.3 is 0 Å². The first kappa shape index (κ1) is 17.7. The minimum atomic E-state index is -3.28. The van der Waals surface area contributed by atoms with E-state index in [0.29, 0.717) is 12.3 Å². The maximum atomic E-state index is 12.3. The molecule has 0 saturated heterocycles. The Kier molecular flexibility index (Phi) is 6.42. The van der Waals surface area contributed by atoms with Gasteiger partial charge in [0.2, 0.25) is 15.9 Å². The van der Waals surface area contributed by atoms with E-state index in [2.05, 4.69) is 19.2 Å². The average Bonchev–Trinajstić information content (AvgIpc) is 2.88. The standard InChI is InChI=1S/C14H25N3O3S/c1-12(2)11-13(17-8-5-6-9-17)14(18)15-7-10-21(19,20)16(3)4/h5-6,8-9,12-13H,7,10-11H2,1-4H3,(H,15,18)/t13-/m0/s1. The highest BCUT2D eigenvalue weighted by molar-refractivity contribution is 7.89. The van der Waals surface area contributed by atoms with Crippen LogP contribution in [0.3, 0.4) is 0 Å². The molecular weight excluding hydrogens is 290 g/mol. The van der Waals surface area contributed by atoms with Crippen molar-refractivity contribution in [2.45, 2.75) is 26.3 Å². The van der Waals surface area contributed by atoms with E-state index in [1.54, 1.807) is 0 Å². The third kappa shape index (κ3) is 5.51. The molecule has 7 heteroatoms. The molecule has 0 unspecified atom stereocenters. The summed E-state index contributed by atoms with van der Waals surface area (Å²) in [5.74, 6) is 0.133. The molecule has 0 radical (unpaired) electrons. The van der Waals surface area contributed by atoms with Crippen LogP contribution in [-0.4, -0.2) is 49.6 Å². The van der Waals surface area contributed by atoms with Gasteiger partial charge in [0.05, 0.1) is 5.75 Å². The molecule has 0 aliphatic heterocycles. The number of nitrogens with zero attached hydrogens (tertiary/aromatic N) is 2. The van der Waals surface area contributed by atoms with Crippen molar-refractivity contribution < 1.29 is 13.2 Å². The van der Waals surface area contributed by atoms with Crippen LogP contribution in [-0.2, 0) is 14.8 Å². The first-order valence-electron chi connectivity index (χ1n) is 7.04. The van der Waals surface area contributed by atoms with Gasteiger partial charge in [0.15, 0.2) is 0 Å². The minimum Gasteiger partial charge on any atom is -0.353 e. The molecule has 0 saturated carbocycles. The van der Waals surface area contributed by atoms with Crippen molar-refractivity contribution in [3.05, 3.63) is 24.5 Å². The van der Waals surface area contributed by atoms with Crippen molar-refractivity contribution >= 4 is 15.9 Å². The largest absolute Gasteiger partial charge is 0.353 e. The fourth-order valence-electron chi connectivity index (χ4n) is 1.97. The topological polar surface area (TPSA) is 71.4 Å². The number of carbonyl (C=O) groups excluding carboxylic acids is 1. The van der Waals surface area contributed by atoms with Gasteiger partial charge in [0.25, 0.3) is 0 Å². The Balaban J connectivity index is 2.62. The Morgan fingerprint density at radius 2 is 1.81 bits per heavy atom. The molecule has 0 spiro atoms. The summed E-state index contributed by atoms with van der Waals surface area (Å²) < 4.78 is 26.3. The Bertz CT molecular complexity index is 536. The van der Waals surface area contributed by atoms with Gasteiger partial charge in [-0.1, -0.05) is 13.8 Å². The van der Waals surface area contributed by atoms with Crippen LogP contribution in [0, 0.1) is 5.92 Å². The molecule has 1 aromatic rings. The van der Waals surface area contributed by atoms with Gasteiger partial charge in [-0.2, -0.15) is 0 Å². The lowest BCUT2D eigenvalue weighted by molar-refractivity contribution is -0.124. The summed E-state index contributed by atoms with van der Waals surface area (Å²) in [5.41, 5.74) is 0. The second kappa shape index (κ2) is 7.61. The molecule has 1 rings (SSSR count). The van der Waals surface area contributed by atoms with Crippen LogP contribution < -0.4 is 5.32 Å². The molecule has 0 bridgehead atoms. The van der Waals surface area contributed by atoms with Crippen LogP contribution in [0.5, 0.6) is 0 Å². The molecule has 120 valence electrons. The summed E-state index contributed by atoms with van der Waals surface area (Å²) in [6.45, 7) is 4.23. The Labute approximate surface area is 127 Å². The van der Waals surface area contributed by atoms with Crippen LogP contribution >= 0.6 is 0 Å². The van der Waals surface area contributed by atoms with Crippen molar-refractivity contribution in [2.24, 2.45) is 5.92 Å². The van der Waals surface area contributed by atoms with Crippen LogP contribution in [0.1, 0.15) is 26.3 Å². The predicted molar refractivity (Wildman–Crippen MR) is 83.4 cm³/mol. The van der Waals surface area contributed by atoms with Gasteiger partial charge < -0.3 is 9.88 Å². The zero-order chi connectivity index (χ0) is 16.0. The van der Waals surface area contributed by atoms with Crippen molar-refractivity contribution in [2.75, 3.05) is 26.4 Å². The Morgan fingerprint density at radius 3 is 2.29 bits per heavy atom. The molecule has 1 amide bonds. The SMILES string of the molecule is CC(C)C[C@@H](C(=O)NCCS(=O)(=O)N(C)C)n1cccc1. The Hall–Kier alpha value is -1.34. The number of hydrogen-bond donors (Lipinski definition) is 1. The summed E-state index contributed by atoms with van der Waals surface area (Å²) in [4.78, 5) is 12.3. The second-order valence-electron chi connectivity index (χ2n) is 5.67. The van der Waals surface area contributed by atoms with E-state index in [1.165, 1.54) is 14.1 Å². The first-order valence-corrected chi connectivity index (χ1v) is 8.65. The smallest absolute Gasteiger partial charge is 0.243 e. The predicted octanol–water partition coefficient (Wildman–Crippen LogP) is 1.08. The number of sulfonamides is 1. The van der Waals surface area contributed by atoms with Gasteiger partial charge in [-0.25, -0.2) is 12.7 Å². The normalized spacial score (nSPS) is 13.6. The van der Waals surface area contributed by atoms with Crippen LogP contribution in [0.15, 0.2) is 24.5 Å². The van der Waals surface area contributed by atoms with Crippen LogP contribution in [0.4, 0.5) is 0 Å². The van der Waals surface area contributed by atoms with E-state index >= 15 is 0 Å². The lowest BCUT2D eigenvalue weighted by Gasteiger charge is -2.20. The number of hydrogen-bond acceptors (Lipinski definition) is 3. The molecule has 1 atom stereocenters. The molecular formula is C14H25N3O3S. The molecule has 1 N–H and O–H groups in total. The average molecular weight is 315 g/mol. The van der Waals surface area contributed by atoms with Gasteiger partial charge in [0.1, 0.15) is 6.04 Å². The van der Waals surface area contributed by atoms with Crippen molar-refractivity contribution in [3.63, 3.8) is 0 Å². The summed E-state index contributed by atoms with van der Waals surface area (Å²) in [6, 6.07) is 3.44. The summed E-state index contributed by atoms with van der Waals surface area (Å²) in [5, 5.41) is 2.72. The van der Waals surface area contributed by atoms with Crippen molar-refractivity contribution in [1.82, 2.24) is 14.2 Å². The summed E-state index contributed by atoms with van der Waals surface area (Å²) in [6.07, 6.45) is 4.41. The molecule has 1 aromatic heterocycles. The van der Waals surface area contributed by atoms with E-state index in [9.17, 15) is 13.2 Å². The van der Waals surface area contributed by atoms with E-state index in [1.807, 2.05) is 29.1 Å². The molecule has 6 nitrogen and oxygen atoms in total. The lowest BCUT2D eigenvalue weighted by atomic mass is 10.0. The number of aromatic nitrogens is 1. The molecule has 0 aliphatic rings. The molecule has 1 heterocycles. The van der Waals surface area contributed by atoms with Gasteiger partial charge in [-0.3, -0.25) is 4.79 Å². The maximum absolute atomic E-state index is 12.3. The summed E-state index contributed by atoms with van der Waals surface area (Å²) >= 11 is 0. The van der Waals surface area contributed by atoms with E-state index < -0.39 is 10.0 Å². The van der Waals surface area contributed by atoms with E-state index in [0.717, 1.165) is 4.31 Å². The maximum Gasteiger partial charge on any atom is 0.243 e. The van der Waals surface area contributed by atoms with Crippen molar-refractivity contribution in [3.8, 4) is 0 Å². The van der Waals surface area contributed by atoms with Gasteiger partial charge in [-0.05, 0) is 24.5 Å². The van der Waals surface area contributed by atoms with Crippen molar-refractivity contribution in [1.29, 1.82) is 0 Å². The number of carbonyl (C=O) groups is 1. The van der Waals surface area contributed by atoms with E-state index in [4.69, 9.17) is 0 Å². The second-order valence-corrected chi connectivity index (χ2v) is 7.97. The van der Waals surface area contributed by atoms with Gasteiger partial charge in [0, 0.05) is 33.0 Å². The Morgan fingerprint density at radius 1 is 1.24 bits per heavy atom. The fraction of sp³-hybridized carbons (Fsp3) is 0.643. The van der Waals surface area contributed by atoms with Crippen LogP contribution in [0.2, 0.25) is 0 Å². The van der Waals surface area contributed by atoms with Crippen LogP contribution in [0.25, 0.3) is 0 Å². The fourth-order valence-corrected chi connectivity index (χ4v) is 2.70. The van der Waals surface area contributed by atoms with E-state index in [-0.39, 0.29) is 24.2 Å². The summed E-state index contributed by atoms with van der Waals surface area (Å²) in [7, 11) is -0.315. The zero-order valence-corrected chi connectivity index (χ0v) is 13.9. The minimum absolute atomic E-state index is 0.0915. The highest BCUT2D eigenvalue weighted by Gasteiger charge is 2.21. The number of rotatable bonds is 8. The molecule has 21 heavy (non-hydrogen) atoms. The monoisotopic (exact) mass is 315 g/mol. The lowest BCUT2D eigenvalue weighted by Crippen LogP contribution is -2.37. The first-order chi connectivity index (χ1) is 9.74. The van der Waals surface area contributed by atoms with Gasteiger partial charge in [-0.15, -0.1) is 0 Å². The third-order valence-corrected chi connectivity index (χ3v) is 5.03. The molecule has 0 fully saturated rings. The number of amides is 1.